The summed E-state index contributed by atoms with van der Waals surface area (Å²) in [6.45, 7) is 10.7. The zero-order chi connectivity index (χ0) is 14.6. The first-order chi connectivity index (χ1) is 9.50. The van der Waals surface area contributed by atoms with Gasteiger partial charge in [-0.1, -0.05) is 39.8 Å². The molecule has 0 aliphatic carbocycles. The van der Waals surface area contributed by atoms with Crippen LogP contribution in [0.15, 0.2) is 36.7 Å². The van der Waals surface area contributed by atoms with E-state index < -0.39 is 0 Å². The van der Waals surface area contributed by atoms with Crippen LogP contribution in [-0.4, -0.2) is 9.55 Å². The molecular formula is C17H25N3. The molecule has 0 aliphatic rings. The molecule has 0 aliphatic heterocycles. The second kappa shape index (κ2) is 6.12. The van der Waals surface area contributed by atoms with E-state index in [9.17, 15) is 0 Å². The molecule has 1 aromatic heterocycles. The number of nitrogens with zero attached hydrogens (tertiary/aromatic N) is 2. The summed E-state index contributed by atoms with van der Waals surface area (Å²) in [5.74, 6) is 1.09. The summed E-state index contributed by atoms with van der Waals surface area (Å²) in [6.07, 6.45) is 5.04. The second-order valence-electron chi connectivity index (χ2n) is 6.22. The quantitative estimate of drug-likeness (QED) is 0.883. The number of hydrogen-bond acceptors (Lipinski definition) is 2. The number of nitrogens with one attached hydrogen (secondary N) is 1. The van der Waals surface area contributed by atoms with Crippen LogP contribution < -0.4 is 5.32 Å². The predicted octanol–water partition coefficient (Wildman–Crippen LogP) is 4.20. The third-order valence-corrected chi connectivity index (χ3v) is 3.47. The molecule has 3 nitrogen and oxygen atoms in total. The first kappa shape index (κ1) is 14.6. The van der Waals surface area contributed by atoms with Crippen molar-refractivity contribution in [3.05, 3.63) is 48.0 Å². The van der Waals surface area contributed by atoms with Crippen LogP contribution in [0.5, 0.6) is 0 Å². The topological polar surface area (TPSA) is 29.9 Å². The van der Waals surface area contributed by atoms with Crippen molar-refractivity contribution in [1.82, 2.24) is 9.55 Å². The van der Waals surface area contributed by atoms with Crippen molar-refractivity contribution in [2.75, 3.05) is 5.32 Å². The van der Waals surface area contributed by atoms with E-state index in [1.807, 2.05) is 12.4 Å². The molecule has 0 bridgehead atoms. The monoisotopic (exact) mass is 271 g/mol. The first-order valence-electron chi connectivity index (χ1n) is 7.35. The van der Waals surface area contributed by atoms with Gasteiger partial charge in [-0.05, 0) is 29.5 Å². The lowest BCUT2D eigenvalue weighted by Gasteiger charge is -2.19. The summed E-state index contributed by atoms with van der Waals surface area (Å²) < 4.78 is 2.20. The van der Waals surface area contributed by atoms with Crippen LogP contribution in [0.2, 0.25) is 0 Å². The lowest BCUT2D eigenvalue weighted by molar-refractivity contribution is 0.590. The van der Waals surface area contributed by atoms with E-state index in [2.05, 4.69) is 66.8 Å². The van der Waals surface area contributed by atoms with Crippen LogP contribution in [0.25, 0.3) is 0 Å². The van der Waals surface area contributed by atoms with Crippen LogP contribution in [0.3, 0.4) is 0 Å². The Morgan fingerprint density at radius 3 is 2.45 bits per heavy atom. The maximum atomic E-state index is 4.41. The van der Waals surface area contributed by atoms with Gasteiger partial charge in [-0.25, -0.2) is 4.98 Å². The third kappa shape index (κ3) is 3.62. The number of aromatic nitrogens is 2. The number of hydrogen-bond donors (Lipinski definition) is 1. The number of aryl methyl sites for hydroxylation is 1. The van der Waals surface area contributed by atoms with E-state index in [1.165, 1.54) is 5.56 Å². The maximum absolute atomic E-state index is 4.41. The van der Waals surface area contributed by atoms with Gasteiger partial charge in [-0.2, -0.15) is 0 Å². The predicted molar refractivity (Wildman–Crippen MR) is 85.0 cm³/mol. The molecule has 0 unspecified atom stereocenters. The lowest BCUT2D eigenvalue weighted by Crippen LogP contribution is -2.11. The molecule has 0 saturated heterocycles. The van der Waals surface area contributed by atoms with Crippen molar-refractivity contribution in [3.8, 4) is 0 Å². The molecule has 3 heteroatoms. The summed E-state index contributed by atoms with van der Waals surface area (Å²) in [5, 5.41) is 3.44. The Bertz CT molecular complexity index is 532. The molecule has 2 rings (SSSR count). The molecule has 20 heavy (non-hydrogen) atoms. The Morgan fingerprint density at radius 1 is 1.15 bits per heavy atom. The number of benzene rings is 1. The summed E-state index contributed by atoms with van der Waals surface area (Å²) >= 11 is 0. The highest BCUT2D eigenvalue weighted by Crippen LogP contribution is 2.23. The third-order valence-electron chi connectivity index (χ3n) is 3.47. The SMILES string of the molecule is CCCn1ccnc1CNc1ccc(C(C)(C)C)cc1. The van der Waals surface area contributed by atoms with E-state index in [4.69, 9.17) is 0 Å². The van der Waals surface area contributed by atoms with Crippen LogP contribution >= 0.6 is 0 Å². The van der Waals surface area contributed by atoms with Gasteiger partial charge >= 0.3 is 0 Å². The fourth-order valence-corrected chi connectivity index (χ4v) is 2.22. The van der Waals surface area contributed by atoms with Crippen molar-refractivity contribution >= 4 is 5.69 Å². The number of anilines is 1. The minimum atomic E-state index is 0.204. The fourth-order valence-electron chi connectivity index (χ4n) is 2.22. The van der Waals surface area contributed by atoms with E-state index in [-0.39, 0.29) is 5.41 Å². The highest BCUT2D eigenvalue weighted by Gasteiger charge is 2.12. The van der Waals surface area contributed by atoms with Crippen LogP contribution in [0.1, 0.15) is 45.5 Å². The minimum Gasteiger partial charge on any atom is -0.378 e. The van der Waals surface area contributed by atoms with E-state index in [1.54, 1.807) is 0 Å². The molecular weight excluding hydrogens is 246 g/mol. The lowest BCUT2D eigenvalue weighted by atomic mass is 9.87. The number of rotatable bonds is 5. The first-order valence-corrected chi connectivity index (χ1v) is 7.35. The van der Waals surface area contributed by atoms with Gasteiger partial charge in [-0.3, -0.25) is 0 Å². The normalized spacial score (nSPS) is 11.6. The molecule has 0 atom stereocenters. The molecule has 0 fully saturated rings. The summed E-state index contributed by atoms with van der Waals surface area (Å²) in [6, 6.07) is 8.68. The maximum Gasteiger partial charge on any atom is 0.128 e. The Balaban J connectivity index is 1.99. The molecule has 0 saturated carbocycles. The zero-order valence-corrected chi connectivity index (χ0v) is 13.0. The Kier molecular flexibility index (Phi) is 4.48. The fraction of sp³-hybridized carbons (Fsp3) is 0.471. The summed E-state index contributed by atoms with van der Waals surface area (Å²) in [5.41, 5.74) is 2.70. The molecule has 108 valence electrons. The average molecular weight is 271 g/mol. The Hall–Kier alpha value is -1.77. The molecule has 1 aromatic carbocycles. The van der Waals surface area contributed by atoms with Gasteiger partial charge < -0.3 is 9.88 Å². The van der Waals surface area contributed by atoms with Gasteiger partial charge in [0.25, 0.3) is 0 Å². The standard InChI is InChI=1S/C17H25N3/c1-5-11-20-12-10-18-16(20)13-19-15-8-6-14(7-9-15)17(2,3)4/h6-10,12,19H,5,11,13H2,1-4H3. The van der Waals surface area contributed by atoms with E-state index >= 15 is 0 Å². The average Bonchev–Trinajstić information content (AvgIpc) is 2.84. The molecule has 1 N–H and O–H groups in total. The van der Waals surface area contributed by atoms with Gasteiger partial charge in [0, 0.05) is 24.6 Å². The molecule has 1 heterocycles. The van der Waals surface area contributed by atoms with Crippen molar-refractivity contribution in [2.45, 2.75) is 52.6 Å². The van der Waals surface area contributed by atoms with Crippen LogP contribution in [0.4, 0.5) is 5.69 Å². The van der Waals surface area contributed by atoms with E-state index in [0.29, 0.717) is 0 Å². The molecule has 0 spiro atoms. The van der Waals surface area contributed by atoms with Gasteiger partial charge in [-0.15, -0.1) is 0 Å². The summed E-state index contributed by atoms with van der Waals surface area (Å²) in [4.78, 5) is 4.41. The Morgan fingerprint density at radius 2 is 1.85 bits per heavy atom. The Labute approximate surface area is 122 Å². The highest BCUT2D eigenvalue weighted by molar-refractivity contribution is 5.45. The zero-order valence-electron chi connectivity index (χ0n) is 13.0. The van der Waals surface area contributed by atoms with Crippen LogP contribution in [0, 0.1) is 0 Å². The minimum absolute atomic E-state index is 0.204. The second-order valence-corrected chi connectivity index (χ2v) is 6.22. The van der Waals surface area contributed by atoms with Gasteiger partial charge in [0.05, 0.1) is 6.54 Å². The highest BCUT2D eigenvalue weighted by atomic mass is 15.1. The van der Waals surface area contributed by atoms with Gasteiger partial charge in [0.15, 0.2) is 0 Å². The van der Waals surface area contributed by atoms with Crippen molar-refractivity contribution in [3.63, 3.8) is 0 Å². The van der Waals surface area contributed by atoms with Gasteiger partial charge in [0.1, 0.15) is 5.82 Å². The van der Waals surface area contributed by atoms with Crippen LogP contribution in [-0.2, 0) is 18.5 Å². The molecule has 0 amide bonds. The summed E-state index contributed by atoms with van der Waals surface area (Å²) in [7, 11) is 0. The van der Waals surface area contributed by atoms with Crippen molar-refractivity contribution < 1.29 is 0 Å². The largest absolute Gasteiger partial charge is 0.378 e. The van der Waals surface area contributed by atoms with Crippen molar-refractivity contribution in [2.24, 2.45) is 0 Å². The molecule has 2 aromatic rings. The molecule has 0 radical (unpaired) electrons. The smallest absolute Gasteiger partial charge is 0.128 e. The van der Waals surface area contributed by atoms with E-state index in [0.717, 1.165) is 31.0 Å². The number of imidazole rings is 1. The van der Waals surface area contributed by atoms with Crippen molar-refractivity contribution in [1.29, 1.82) is 0 Å². The van der Waals surface area contributed by atoms with Gasteiger partial charge in [0.2, 0.25) is 0 Å².